The zero-order valence-corrected chi connectivity index (χ0v) is 10.1. The van der Waals surface area contributed by atoms with Crippen molar-refractivity contribution in [1.82, 2.24) is 0 Å². The number of hydrogen-bond acceptors (Lipinski definition) is 3. The van der Waals surface area contributed by atoms with Crippen LogP contribution in [-0.4, -0.2) is 18.6 Å². The lowest BCUT2D eigenvalue weighted by Crippen LogP contribution is -2.21. The molecule has 1 fully saturated rings. The van der Waals surface area contributed by atoms with Gasteiger partial charge >= 0.3 is 0 Å². The van der Waals surface area contributed by atoms with Gasteiger partial charge in [0, 0.05) is 11.8 Å². The summed E-state index contributed by atoms with van der Waals surface area (Å²) in [6.45, 7) is -0.123. The van der Waals surface area contributed by atoms with Crippen LogP contribution in [0, 0.1) is 5.82 Å². The molecule has 0 bridgehead atoms. The average molecular weight is 252 g/mol. The summed E-state index contributed by atoms with van der Waals surface area (Å²) in [6, 6.07) is 4.40. The molecule has 0 atom stereocenters. The fraction of sp³-hybridized carbons (Fsp3) is 0.462. The van der Waals surface area contributed by atoms with Crippen molar-refractivity contribution in [1.29, 1.82) is 0 Å². The van der Waals surface area contributed by atoms with Crippen LogP contribution < -0.4 is 15.8 Å². The normalized spacial score (nSPS) is 15.7. The van der Waals surface area contributed by atoms with Crippen LogP contribution in [-0.2, 0) is 4.79 Å². The number of ether oxygens (including phenoxy) is 1. The first-order chi connectivity index (χ1) is 8.69. The molecule has 18 heavy (non-hydrogen) atoms. The third-order valence-corrected chi connectivity index (χ3v) is 3.00. The van der Waals surface area contributed by atoms with E-state index in [2.05, 4.69) is 5.32 Å². The topological polar surface area (TPSA) is 64.4 Å². The maximum atomic E-state index is 13.8. The van der Waals surface area contributed by atoms with Crippen molar-refractivity contribution in [3.8, 4) is 5.75 Å². The van der Waals surface area contributed by atoms with Crippen LogP contribution >= 0.6 is 0 Å². The Morgan fingerprint density at radius 2 is 2.17 bits per heavy atom. The largest absolute Gasteiger partial charge is 0.487 e. The van der Waals surface area contributed by atoms with E-state index in [0.717, 1.165) is 25.7 Å². The number of nitrogens with two attached hydrogens (primary N) is 1. The van der Waals surface area contributed by atoms with Gasteiger partial charge in [0.1, 0.15) is 0 Å². The zero-order valence-electron chi connectivity index (χ0n) is 10.1. The third kappa shape index (κ3) is 3.20. The molecule has 2 rings (SSSR count). The molecule has 1 aliphatic rings. The summed E-state index contributed by atoms with van der Waals surface area (Å²) in [5, 5.41) is 2.49. The predicted octanol–water partition coefficient (Wildman–Crippen LogP) is 2.04. The van der Waals surface area contributed by atoms with Gasteiger partial charge < -0.3 is 15.8 Å². The van der Waals surface area contributed by atoms with Gasteiger partial charge in [0.15, 0.2) is 11.6 Å². The van der Waals surface area contributed by atoms with Crippen LogP contribution in [0.5, 0.6) is 5.75 Å². The molecule has 1 aliphatic carbocycles. The minimum atomic E-state index is -0.461. The molecular formula is C13H17FN2O2. The number of halogens is 1. The Morgan fingerprint density at radius 1 is 1.44 bits per heavy atom. The average Bonchev–Trinajstić information content (AvgIpc) is 2.85. The summed E-state index contributed by atoms with van der Waals surface area (Å²) in [4.78, 5) is 11.1. The van der Waals surface area contributed by atoms with Crippen molar-refractivity contribution < 1.29 is 13.9 Å². The van der Waals surface area contributed by atoms with E-state index in [1.165, 1.54) is 6.07 Å². The van der Waals surface area contributed by atoms with Crippen molar-refractivity contribution >= 4 is 11.6 Å². The summed E-state index contributed by atoms with van der Waals surface area (Å²) in [6.07, 6.45) is 4.34. The van der Waals surface area contributed by atoms with Gasteiger partial charge in [-0.15, -0.1) is 0 Å². The molecule has 4 nitrogen and oxygen atoms in total. The highest BCUT2D eigenvalue weighted by atomic mass is 19.1. The van der Waals surface area contributed by atoms with Crippen LogP contribution in [0.15, 0.2) is 18.2 Å². The molecule has 98 valence electrons. The first kappa shape index (κ1) is 12.8. The van der Waals surface area contributed by atoms with E-state index in [-0.39, 0.29) is 24.3 Å². The van der Waals surface area contributed by atoms with Crippen molar-refractivity contribution in [2.75, 3.05) is 11.9 Å². The molecule has 3 N–H and O–H groups in total. The van der Waals surface area contributed by atoms with Crippen molar-refractivity contribution in [2.45, 2.75) is 31.8 Å². The molecule has 0 aromatic heterocycles. The summed E-state index contributed by atoms with van der Waals surface area (Å²) < 4.78 is 19.3. The Balaban J connectivity index is 2.02. The van der Waals surface area contributed by atoms with Crippen LogP contribution in [0.1, 0.15) is 25.7 Å². The Bertz CT molecular complexity index is 431. The van der Waals surface area contributed by atoms with Gasteiger partial charge in [-0.05, 0) is 37.8 Å². The molecular weight excluding hydrogens is 235 g/mol. The third-order valence-electron chi connectivity index (χ3n) is 3.00. The molecule has 0 unspecified atom stereocenters. The van der Waals surface area contributed by atoms with Gasteiger partial charge in [-0.1, -0.05) is 0 Å². The number of carbonyl (C=O) groups excluding carboxylic acids is 1. The molecule has 1 saturated carbocycles. The highest BCUT2D eigenvalue weighted by Gasteiger charge is 2.18. The molecule has 1 amide bonds. The van der Waals surface area contributed by atoms with E-state index < -0.39 is 5.82 Å². The van der Waals surface area contributed by atoms with E-state index in [0.29, 0.717) is 5.69 Å². The first-order valence-electron chi connectivity index (χ1n) is 6.15. The highest BCUT2D eigenvalue weighted by molar-refractivity contribution is 5.92. The number of anilines is 1. The number of hydrogen-bond donors (Lipinski definition) is 2. The van der Waals surface area contributed by atoms with E-state index in [4.69, 9.17) is 10.5 Å². The summed E-state index contributed by atoms with van der Waals surface area (Å²) in [5.74, 6) is -0.566. The Kier molecular flexibility index (Phi) is 4.15. The molecule has 0 aliphatic heterocycles. The van der Waals surface area contributed by atoms with Gasteiger partial charge in [-0.25, -0.2) is 4.39 Å². The maximum Gasteiger partial charge on any atom is 0.238 e. The van der Waals surface area contributed by atoms with Gasteiger partial charge in [-0.3, -0.25) is 4.79 Å². The lowest BCUT2D eigenvalue weighted by Gasteiger charge is -2.14. The standard InChI is InChI=1S/C13H17FN2O2/c14-11-7-9(16-13(17)8-15)5-6-12(11)18-10-3-1-2-4-10/h5-7,10H,1-4,8,15H2,(H,16,17). The molecule has 1 aromatic carbocycles. The Morgan fingerprint density at radius 3 is 2.78 bits per heavy atom. The summed E-state index contributed by atoms with van der Waals surface area (Å²) in [7, 11) is 0. The highest BCUT2D eigenvalue weighted by Crippen LogP contribution is 2.27. The van der Waals surface area contributed by atoms with Gasteiger partial charge in [0.2, 0.25) is 5.91 Å². The minimum Gasteiger partial charge on any atom is -0.487 e. The van der Waals surface area contributed by atoms with Gasteiger partial charge in [-0.2, -0.15) is 0 Å². The first-order valence-corrected chi connectivity index (χ1v) is 6.15. The zero-order chi connectivity index (χ0) is 13.0. The van der Waals surface area contributed by atoms with Crippen molar-refractivity contribution in [3.05, 3.63) is 24.0 Å². The fourth-order valence-corrected chi connectivity index (χ4v) is 2.07. The molecule has 0 saturated heterocycles. The van der Waals surface area contributed by atoms with Gasteiger partial charge in [0.05, 0.1) is 12.6 Å². The van der Waals surface area contributed by atoms with E-state index in [1.807, 2.05) is 0 Å². The van der Waals surface area contributed by atoms with Crippen LogP contribution in [0.3, 0.4) is 0 Å². The monoisotopic (exact) mass is 252 g/mol. The maximum absolute atomic E-state index is 13.8. The molecule has 0 radical (unpaired) electrons. The smallest absolute Gasteiger partial charge is 0.238 e. The predicted molar refractivity (Wildman–Crippen MR) is 67.0 cm³/mol. The van der Waals surface area contributed by atoms with E-state index >= 15 is 0 Å². The second-order valence-corrected chi connectivity index (χ2v) is 4.42. The van der Waals surface area contributed by atoms with Crippen molar-refractivity contribution in [2.24, 2.45) is 5.73 Å². The van der Waals surface area contributed by atoms with Crippen molar-refractivity contribution in [3.63, 3.8) is 0 Å². The molecule has 1 aromatic rings. The number of benzene rings is 1. The van der Waals surface area contributed by atoms with Crippen LogP contribution in [0.25, 0.3) is 0 Å². The minimum absolute atomic E-state index is 0.115. The Labute approximate surface area is 105 Å². The van der Waals surface area contributed by atoms with E-state index in [9.17, 15) is 9.18 Å². The quantitative estimate of drug-likeness (QED) is 0.862. The van der Waals surface area contributed by atoms with Crippen LogP contribution in [0.2, 0.25) is 0 Å². The lowest BCUT2D eigenvalue weighted by molar-refractivity contribution is -0.114. The molecule has 0 spiro atoms. The van der Waals surface area contributed by atoms with Crippen LogP contribution in [0.4, 0.5) is 10.1 Å². The number of amides is 1. The van der Waals surface area contributed by atoms with E-state index in [1.54, 1.807) is 12.1 Å². The second kappa shape index (κ2) is 5.82. The Hall–Kier alpha value is -1.62. The number of rotatable bonds is 4. The molecule has 0 heterocycles. The summed E-state index contributed by atoms with van der Waals surface area (Å²) in [5.41, 5.74) is 5.56. The number of nitrogens with one attached hydrogen (secondary N) is 1. The second-order valence-electron chi connectivity index (χ2n) is 4.42. The lowest BCUT2D eigenvalue weighted by atomic mass is 10.2. The number of carbonyl (C=O) groups is 1. The molecule has 5 heteroatoms. The summed E-state index contributed by atoms with van der Waals surface area (Å²) >= 11 is 0. The fourth-order valence-electron chi connectivity index (χ4n) is 2.07. The van der Waals surface area contributed by atoms with Gasteiger partial charge in [0.25, 0.3) is 0 Å². The SMILES string of the molecule is NCC(=O)Nc1ccc(OC2CCCC2)c(F)c1.